The molecule has 0 aliphatic heterocycles. The van der Waals surface area contributed by atoms with Gasteiger partial charge in [0.15, 0.2) is 0 Å². The molecule has 0 aromatic heterocycles. The van der Waals surface area contributed by atoms with Gasteiger partial charge in [-0.1, -0.05) is 51.5 Å². The van der Waals surface area contributed by atoms with E-state index in [-0.39, 0.29) is 18.3 Å². The molecule has 1 rings (SSSR count). The molecule has 0 bridgehead atoms. The highest BCUT2D eigenvalue weighted by Gasteiger charge is 2.13. The van der Waals surface area contributed by atoms with Gasteiger partial charge in [0.05, 0.1) is 5.75 Å². The predicted molar refractivity (Wildman–Crippen MR) is 84.2 cm³/mol. The van der Waals surface area contributed by atoms with Crippen molar-refractivity contribution in [1.29, 1.82) is 0 Å². The fourth-order valence-electron chi connectivity index (χ4n) is 1.87. The molecule has 5 heteroatoms. The van der Waals surface area contributed by atoms with E-state index in [1.807, 2.05) is 31.2 Å². The molecule has 3 N–H and O–H groups in total. The van der Waals surface area contributed by atoms with Crippen LogP contribution in [0.25, 0.3) is 0 Å². The summed E-state index contributed by atoms with van der Waals surface area (Å²) in [6.07, 6.45) is 1.54. The van der Waals surface area contributed by atoms with E-state index in [4.69, 9.17) is 5.73 Å². The lowest BCUT2D eigenvalue weighted by molar-refractivity contribution is 0.569. The third-order valence-electron chi connectivity index (χ3n) is 3.32. The molecule has 0 spiro atoms. The Balaban J connectivity index is 2.56. The summed E-state index contributed by atoms with van der Waals surface area (Å²) in [7, 11) is -3.20. The standard InChI is InChI=1S/C15H26N2O2S/c1-4-5-10-20(18,19)17-11-15(16)14-8-6-13(7-9-14)12(2)3/h6-9,12,15,17H,4-5,10-11,16H2,1-3H3. The largest absolute Gasteiger partial charge is 0.323 e. The van der Waals surface area contributed by atoms with Crippen molar-refractivity contribution in [2.75, 3.05) is 12.3 Å². The summed E-state index contributed by atoms with van der Waals surface area (Å²) in [5.74, 6) is 0.649. The molecule has 0 saturated heterocycles. The molecular weight excluding hydrogens is 272 g/mol. The molecule has 0 aliphatic rings. The van der Waals surface area contributed by atoms with Crippen LogP contribution in [-0.2, 0) is 10.0 Å². The zero-order chi connectivity index (χ0) is 15.2. The Hall–Kier alpha value is -0.910. The van der Waals surface area contributed by atoms with Gasteiger partial charge in [-0.25, -0.2) is 13.1 Å². The van der Waals surface area contributed by atoms with Crippen molar-refractivity contribution >= 4 is 10.0 Å². The van der Waals surface area contributed by atoms with Crippen LogP contribution in [0.3, 0.4) is 0 Å². The van der Waals surface area contributed by atoms with E-state index < -0.39 is 10.0 Å². The second-order valence-electron chi connectivity index (χ2n) is 5.45. The van der Waals surface area contributed by atoms with E-state index in [0.717, 1.165) is 12.0 Å². The number of nitrogens with two attached hydrogens (primary N) is 1. The highest BCUT2D eigenvalue weighted by atomic mass is 32.2. The molecule has 20 heavy (non-hydrogen) atoms. The van der Waals surface area contributed by atoms with E-state index in [1.54, 1.807) is 0 Å². The fourth-order valence-corrected chi connectivity index (χ4v) is 3.12. The second-order valence-corrected chi connectivity index (χ2v) is 7.38. The second kappa shape index (κ2) is 7.76. The average Bonchev–Trinajstić information content (AvgIpc) is 2.43. The Morgan fingerprint density at radius 1 is 1.15 bits per heavy atom. The Kier molecular flexibility index (Phi) is 6.65. The Morgan fingerprint density at radius 3 is 2.20 bits per heavy atom. The minimum absolute atomic E-state index is 0.169. The lowest BCUT2D eigenvalue weighted by atomic mass is 9.99. The number of unbranched alkanes of at least 4 members (excludes halogenated alkanes) is 1. The average molecular weight is 298 g/mol. The van der Waals surface area contributed by atoms with Gasteiger partial charge in [0.1, 0.15) is 0 Å². The van der Waals surface area contributed by atoms with Gasteiger partial charge in [-0.3, -0.25) is 0 Å². The molecule has 1 aromatic carbocycles. The summed E-state index contributed by atoms with van der Waals surface area (Å²) in [5.41, 5.74) is 8.24. The molecule has 114 valence electrons. The first-order valence-corrected chi connectivity index (χ1v) is 8.83. The molecule has 0 aliphatic carbocycles. The Morgan fingerprint density at radius 2 is 1.70 bits per heavy atom. The van der Waals surface area contributed by atoms with Crippen LogP contribution in [-0.4, -0.2) is 20.7 Å². The van der Waals surface area contributed by atoms with Gasteiger partial charge < -0.3 is 5.73 Å². The van der Waals surface area contributed by atoms with Gasteiger partial charge in [0.25, 0.3) is 0 Å². The minimum atomic E-state index is -3.20. The molecule has 4 nitrogen and oxygen atoms in total. The van der Waals surface area contributed by atoms with Crippen molar-refractivity contribution in [3.8, 4) is 0 Å². The topological polar surface area (TPSA) is 72.2 Å². The van der Waals surface area contributed by atoms with E-state index in [9.17, 15) is 8.42 Å². The number of hydrogen-bond donors (Lipinski definition) is 2. The lowest BCUT2D eigenvalue weighted by Crippen LogP contribution is -2.33. The van der Waals surface area contributed by atoms with Crippen molar-refractivity contribution in [3.63, 3.8) is 0 Å². The Labute approximate surface area is 122 Å². The molecular formula is C15H26N2O2S. The van der Waals surface area contributed by atoms with Gasteiger partial charge in [-0.2, -0.15) is 0 Å². The maximum atomic E-state index is 11.7. The molecule has 0 radical (unpaired) electrons. The van der Waals surface area contributed by atoms with Gasteiger partial charge in [-0.15, -0.1) is 0 Å². The zero-order valence-corrected chi connectivity index (χ0v) is 13.4. The van der Waals surface area contributed by atoms with Crippen LogP contribution in [0.5, 0.6) is 0 Å². The molecule has 0 saturated carbocycles. The number of sulfonamides is 1. The van der Waals surface area contributed by atoms with E-state index in [1.165, 1.54) is 5.56 Å². The quantitative estimate of drug-likeness (QED) is 0.774. The molecule has 0 amide bonds. The normalized spacial score (nSPS) is 13.7. The first kappa shape index (κ1) is 17.1. The third-order valence-corrected chi connectivity index (χ3v) is 4.75. The van der Waals surface area contributed by atoms with Crippen molar-refractivity contribution in [1.82, 2.24) is 4.72 Å². The van der Waals surface area contributed by atoms with Crippen LogP contribution in [0, 0.1) is 0 Å². The number of nitrogens with one attached hydrogen (secondary N) is 1. The molecule has 1 aromatic rings. The van der Waals surface area contributed by atoms with Crippen molar-refractivity contribution < 1.29 is 8.42 Å². The summed E-state index contributed by atoms with van der Waals surface area (Å²) in [5, 5.41) is 0. The first-order chi connectivity index (χ1) is 9.35. The molecule has 1 atom stereocenters. The number of benzene rings is 1. The summed E-state index contributed by atoms with van der Waals surface area (Å²) in [6.45, 7) is 6.48. The summed E-state index contributed by atoms with van der Waals surface area (Å²) >= 11 is 0. The monoisotopic (exact) mass is 298 g/mol. The lowest BCUT2D eigenvalue weighted by Gasteiger charge is -2.14. The van der Waals surface area contributed by atoms with Crippen molar-refractivity contribution in [3.05, 3.63) is 35.4 Å². The van der Waals surface area contributed by atoms with Crippen LogP contribution >= 0.6 is 0 Å². The van der Waals surface area contributed by atoms with E-state index in [2.05, 4.69) is 18.6 Å². The van der Waals surface area contributed by atoms with Gasteiger partial charge in [0.2, 0.25) is 10.0 Å². The number of rotatable bonds is 8. The van der Waals surface area contributed by atoms with Crippen LogP contribution in [0.15, 0.2) is 24.3 Å². The highest BCUT2D eigenvalue weighted by Crippen LogP contribution is 2.17. The van der Waals surface area contributed by atoms with E-state index >= 15 is 0 Å². The smallest absolute Gasteiger partial charge is 0.211 e. The number of hydrogen-bond acceptors (Lipinski definition) is 3. The van der Waals surface area contributed by atoms with Crippen LogP contribution in [0.1, 0.15) is 56.7 Å². The minimum Gasteiger partial charge on any atom is -0.323 e. The highest BCUT2D eigenvalue weighted by molar-refractivity contribution is 7.89. The fraction of sp³-hybridized carbons (Fsp3) is 0.600. The maximum Gasteiger partial charge on any atom is 0.211 e. The van der Waals surface area contributed by atoms with Crippen molar-refractivity contribution in [2.45, 2.75) is 45.6 Å². The van der Waals surface area contributed by atoms with Crippen molar-refractivity contribution in [2.24, 2.45) is 5.73 Å². The predicted octanol–water partition coefficient (Wildman–Crippen LogP) is 2.53. The van der Waals surface area contributed by atoms with Gasteiger partial charge in [-0.05, 0) is 23.5 Å². The molecule has 0 fully saturated rings. The molecule has 1 unspecified atom stereocenters. The SMILES string of the molecule is CCCCS(=O)(=O)NCC(N)c1ccc(C(C)C)cc1. The summed E-state index contributed by atoms with van der Waals surface area (Å²) < 4.78 is 26.0. The maximum absolute atomic E-state index is 11.7. The molecule has 0 heterocycles. The van der Waals surface area contributed by atoms with Crippen LogP contribution < -0.4 is 10.5 Å². The summed E-state index contributed by atoms with van der Waals surface area (Å²) in [4.78, 5) is 0. The van der Waals surface area contributed by atoms with Crippen LogP contribution in [0.4, 0.5) is 0 Å². The zero-order valence-electron chi connectivity index (χ0n) is 12.6. The van der Waals surface area contributed by atoms with Gasteiger partial charge in [0, 0.05) is 12.6 Å². The third kappa shape index (κ3) is 5.61. The summed E-state index contributed by atoms with van der Waals surface area (Å²) in [6, 6.07) is 7.73. The van der Waals surface area contributed by atoms with E-state index in [0.29, 0.717) is 12.3 Å². The van der Waals surface area contributed by atoms with Gasteiger partial charge >= 0.3 is 0 Å². The van der Waals surface area contributed by atoms with Crippen LogP contribution in [0.2, 0.25) is 0 Å². The Bertz CT molecular complexity index is 495. The first-order valence-electron chi connectivity index (χ1n) is 7.18.